The van der Waals surface area contributed by atoms with Crippen molar-refractivity contribution in [3.05, 3.63) is 0 Å². The zero-order valence-corrected chi connectivity index (χ0v) is 42.5. The molecular weight excluding hydrogens is 769 g/mol. The average Bonchev–Trinajstić information content (AvgIpc) is 3.24. The Bertz CT molecular complexity index is 947. The van der Waals surface area contributed by atoms with Gasteiger partial charge in [0.1, 0.15) is 13.2 Å². The molecule has 0 spiro atoms. The van der Waals surface area contributed by atoms with E-state index in [0.29, 0.717) is 19.3 Å². The first kappa shape index (κ1) is 60.4. The molecule has 0 saturated carbocycles. The first-order valence-corrected chi connectivity index (χ1v) is 27.7. The van der Waals surface area contributed by atoms with Crippen LogP contribution in [0.4, 0.5) is 0 Å². The Balaban J connectivity index is 4.22. The highest BCUT2D eigenvalue weighted by atomic mass is 16.6. The lowest BCUT2D eigenvalue weighted by Gasteiger charge is -2.18. The monoisotopic (exact) mass is 877 g/mol. The van der Waals surface area contributed by atoms with E-state index >= 15 is 0 Å². The third-order valence-electron chi connectivity index (χ3n) is 12.7. The van der Waals surface area contributed by atoms with E-state index in [1.807, 2.05) is 0 Å². The molecule has 0 unspecified atom stereocenters. The molecule has 0 aromatic rings. The van der Waals surface area contributed by atoms with Gasteiger partial charge in [0.25, 0.3) is 0 Å². The van der Waals surface area contributed by atoms with E-state index in [9.17, 15) is 14.4 Å². The predicted molar refractivity (Wildman–Crippen MR) is 266 cm³/mol. The standard InChI is InChI=1S/C56H108O6/c1-6-7-8-9-10-11-12-13-14-18-22-25-28-31-38-43-48-56(59)62-53(50-61-55(58)47-42-37-33-32-35-40-45-52(4)5)49-60-54(57)46-41-36-30-27-24-21-19-16-15-17-20-23-26-29-34-39-44-51(2)3/h51-53H,6-50H2,1-5H3/t53-/m0/s1. The minimum absolute atomic E-state index is 0.0639. The first-order chi connectivity index (χ1) is 30.2. The lowest BCUT2D eigenvalue weighted by atomic mass is 10.0. The molecule has 0 aromatic carbocycles. The van der Waals surface area contributed by atoms with Crippen molar-refractivity contribution in [1.29, 1.82) is 0 Å². The van der Waals surface area contributed by atoms with Gasteiger partial charge in [0.15, 0.2) is 6.10 Å². The maximum Gasteiger partial charge on any atom is 0.306 e. The number of esters is 3. The molecule has 6 nitrogen and oxygen atoms in total. The second-order valence-electron chi connectivity index (χ2n) is 20.2. The summed E-state index contributed by atoms with van der Waals surface area (Å²) in [5.41, 5.74) is 0. The van der Waals surface area contributed by atoms with Crippen LogP contribution >= 0.6 is 0 Å². The number of hydrogen-bond donors (Lipinski definition) is 0. The van der Waals surface area contributed by atoms with Gasteiger partial charge in [-0.05, 0) is 31.1 Å². The summed E-state index contributed by atoms with van der Waals surface area (Å²) in [6.07, 6.45) is 51.1. The predicted octanol–water partition coefficient (Wildman–Crippen LogP) is 18.1. The highest BCUT2D eigenvalue weighted by Gasteiger charge is 2.19. The molecule has 0 aliphatic heterocycles. The Hall–Kier alpha value is -1.59. The summed E-state index contributed by atoms with van der Waals surface area (Å²) in [5, 5.41) is 0. The molecule has 0 amide bonds. The fraction of sp³-hybridized carbons (Fsp3) is 0.946. The molecule has 0 aliphatic carbocycles. The maximum absolute atomic E-state index is 12.8. The number of rotatable bonds is 50. The van der Waals surface area contributed by atoms with Crippen LogP contribution in [0.2, 0.25) is 0 Å². The number of ether oxygens (including phenoxy) is 3. The second-order valence-corrected chi connectivity index (χ2v) is 20.2. The van der Waals surface area contributed by atoms with Crippen LogP contribution in [0, 0.1) is 11.8 Å². The summed E-state index contributed by atoms with van der Waals surface area (Å²) >= 11 is 0. The molecule has 0 saturated heterocycles. The maximum atomic E-state index is 12.8. The van der Waals surface area contributed by atoms with Crippen LogP contribution in [-0.2, 0) is 28.6 Å². The van der Waals surface area contributed by atoms with Crippen LogP contribution in [0.3, 0.4) is 0 Å². The highest BCUT2D eigenvalue weighted by Crippen LogP contribution is 2.18. The van der Waals surface area contributed by atoms with Crippen molar-refractivity contribution in [1.82, 2.24) is 0 Å². The molecule has 0 bridgehead atoms. The smallest absolute Gasteiger partial charge is 0.306 e. The summed E-state index contributed by atoms with van der Waals surface area (Å²) in [5.74, 6) is 0.768. The minimum Gasteiger partial charge on any atom is -0.462 e. The highest BCUT2D eigenvalue weighted by molar-refractivity contribution is 5.71. The largest absolute Gasteiger partial charge is 0.462 e. The van der Waals surface area contributed by atoms with Gasteiger partial charge < -0.3 is 14.2 Å². The Morgan fingerprint density at radius 1 is 0.306 bits per heavy atom. The van der Waals surface area contributed by atoms with E-state index in [1.54, 1.807) is 0 Å². The molecular formula is C56H108O6. The third kappa shape index (κ3) is 49.4. The Kier molecular flexibility index (Phi) is 47.6. The molecule has 6 heteroatoms. The van der Waals surface area contributed by atoms with Gasteiger partial charge in [-0.1, -0.05) is 272 Å². The molecule has 368 valence electrons. The van der Waals surface area contributed by atoms with E-state index in [4.69, 9.17) is 14.2 Å². The normalized spacial score (nSPS) is 12.0. The van der Waals surface area contributed by atoms with Crippen LogP contribution in [0.5, 0.6) is 0 Å². The first-order valence-electron chi connectivity index (χ1n) is 27.7. The van der Waals surface area contributed by atoms with E-state index in [2.05, 4.69) is 34.6 Å². The zero-order chi connectivity index (χ0) is 45.4. The van der Waals surface area contributed by atoms with Gasteiger partial charge in [0.2, 0.25) is 0 Å². The molecule has 0 aromatic heterocycles. The van der Waals surface area contributed by atoms with E-state index in [1.165, 1.54) is 199 Å². The second kappa shape index (κ2) is 48.9. The van der Waals surface area contributed by atoms with Crippen LogP contribution in [0.25, 0.3) is 0 Å². The fourth-order valence-corrected chi connectivity index (χ4v) is 8.52. The van der Waals surface area contributed by atoms with Crippen molar-refractivity contribution in [2.75, 3.05) is 13.2 Å². The van der Waals surface area contributed by atoms with Gasteiger partial charge in [-0.25, -0.2) is 0 Å². The van der Waals surface area contributed by atoms with E-state index < -0.39 is 6.10 Å². The quantitative estimate of drug-likeness (QED) is 0.0344. The number of carbonyl (C=O) groups excluding carboxylic acids is 3. The van der Waals surface area contributed by atoms with Crippen molar-refractivity contribution in [2.24, 2.45) is 11.8 Å². The number of carbonyl (C=O) groups is 3. The summed E-state index contributed by atoms with van der Waals surface area (Å²) in [6.45, 7) is 11.3. The van der Waals surface area contributed by atoms with Crippen LogP contribution < -0.4 is 0 Å². The van der Waals surface area contributed by atoms with Crippen molar-refractivity contribution < 1.29 is 28.6 Å². The van der Waals surface area contributed by atoms with Gasteiger partial charge in [-0.15, -0.1) is 0 Å². The van der Waals surface area contributed by atoms with Crippen molar-refractivity contribution >= 4 is 17.9 Å². The van der Waals surface area contributed by atoms with E-state index in [-0.39, 0.29) is 31.1 Å². The van der Waals surface area contributed by atoms with Gasteiger partial charge in [0.05, 0.1) is 0 Å². The Labute approximate surface area is 387 Å². The van der Waals surface area contributed by atoms with Crippen molar-refractivity contribution in [3.8, 4) is 0 Å². The van der Waals surface area contributed by atoms with Gasteiger partial charge >= 0.3 is 17.9 Å². The Morgan fingerprint density at radius 3 is 0.790 bits per heavy atom. The van der Waals surface area contributed by atoms with Crippen LogP contribution in [0.15, 0.2) is 0 Å². The summed E-state index contributed by atoms with van der Waals surface area (Å²) in [4.78, 5) is 38.0. The SMILES string of the molecule is CCCCCCCCCCCCCCCCCCC(=O)O[C@@H](COC(=O)CCCCCCCCCCCCCCCCCCC(C)C)COC(=O)CCCCCCCCC(C)C. The van der Waals surface area contributed by atoms with Gasteiger partial charge in [0, 0.05) is 19.3 Å². The molecule has 1 atom stereocenters. The van der Waals surface area contributed by atoms with Gasteiger partial charge in [-0.2, -0.15) is 0 Å². The molecule has 0 rings (SSSR count). The zero-order valence-electron chi connectivity index (χ0n) is 42.5. The molecule has 0 heterocycles. The van der Waals surface area contributed by atoms with Gasteiger partial charge in [-0.3, -0.25) is 14.4 Å². The van der Waals surface area contributed by atoms with E-state index in [0.717, 1.165) is 69.6 Å². The fourth-order valence-electron chi connectivity index (χ4n) is 8.52. The molecule has 0 N–H and O–H groups in total. The minimum atomic E-state index is -0.762. The van der Waals surface area contributed by atoms with Crippen LogP contribution in [0.1, 0.15) is 311 Å². The topological polar surface area (TPSA) is 78.9 Å². The molecule has 0 aliphatic rings. The summed E-state index contributed by atoms with van der Waals surface area (Å²) in [7, 11) is 0. The molecule has 0 radical (unpaired) electrons. The average molecular weight is 877 g/mol. The molecule has 62 heavy (non-hydrogen) atoms. The summed E-state index contributed by atoms with van der Waals surface area (Å²) in [6, 6.07) is 0. The lowest BCUT2D eigenvalue weighted by molar-refractivity contribution is -0.167. The Morgan fingerprint density at radius 2 is 0.532 bits per heavy atom. The lowest BCUT2D eigenvalue weighted by Crippen LogP contribution is -2.30. The number of hydrogen-bond acceptors (Lipinski definition) is 6. The number of unbranched alkanes of at least 4 members (excludes halogenated alkanes) is 35. The molecule has 0 fully saturated rings. The third-order valence-corrected chi connectivity index (χ3v) is 12.7. The summed E-state index contributed by atoms with van der Waals surface area (Å²) < 4.78 is 16.8. The van der Waals surface area contributed by atoms with Crippen molar-refractivity contribution in [3.63, 3.8) is 0 Å². The van der Waals surface area contributed by atoms with Crippen LogP contribution in [-0.4, -0.2) is 37.2 Å². The van der Waals surface area contributed by atoms with Crippen molar-refractivity contribution in [2.45, 2.75) is 317 Å².